The Balaban J connectivity index is 1.93. The molecule has 8 heteroatoms. The first kappa shape index (κ1) is 24.0. The quantitative estimate of drug-likeness (QED) is 0.499. The Hall–Kier alpha value is -3.65. The van der Waals surface area contributed by atoms with Crippen LogP contribution in [-0.4, -0.2) is 33.4 Å². The standard InChI is InChI=1S/C25H26N2O5S/c1-4-32-25(29)20-15-14-18(2)22(16-20)26-24(28)17-27(23-13-9-8-10-19(23)3)33(30,31)21-11-6-5-7-12-21/h5-16H,4,17H2,1-3H3,(H,26,28). The third kappa shape index (κ3) is 5.59. The largest absolute Gasteiger partial charge is 0.462 e. The highest BCUT2D eigenvalue weighted by molar-refractivity contribution is 7.92. The molecule has 0 saturated carbocycles. The van der Waals surface area contributed by atoms with Crippen LogP contribution >= 0.6 is 0 Å². The minimum Gasteiger partial charge on any atom is -0.462 e. The van der Waals surface area contributed by atoms with Crippen molar-refractivity contribution in [3.63, 3.8) is 0 Å². The summed E-state index contributed by atoms with van der Waals surface area (Å²) in [4.78, 5) is 25.2. The van der Waals surface area contributed by atoms with Crippen molar-refractivity contribution in [1.82, 2.24) is 0 Å². The fourth-order valence-corrected chi connectivity index (χ4v) is 4.79. The summed E-state index contributed by atoms with van der Waals surface area (Å²) in [5.74, 6) is -1.04. The number of anilines is 2. The number of esters is 1. The summed E-state index contributed by atoms with van der Waals surface area (Å²) in [7, 11) is -4.00. The Labute approximate surface area is 194 Å². The number of hydrogen-bond acceptors (Lipinski definition) is 5. The SMILES string of the molecule is CCOC(=O)c1ccc(C)c(NC(=O)CN(c2ccccc2C)S(=O)(=O)c2ccccc2)c1. The number of rotatable bonds is 8. The van der Waals surface area contributed by atoms with E-state index >= 15 is 0 Å². The first-order valence-electron chi connectivity index (χ1n) is 10.4. The molecule has 0 spiro atoms. The lowest BCUT2D eigenvalue weighted by Crippen LogP contribution is -2.38. The van der Waals surface area contributed by atoms with Gasteiger partial charge in [0.2, 0.25) is 5.91 Å². The summed E-state index contributed by atoms with van der Waals surface area (Å²) >= 11 is 0. The molecule has 3 rings (SSSR count). The maximum absolute atomic E-state index is 13.4. The Morgan fingerprint density at radius 1 is 0.909 bits per heavy atom. The molecule has 0 saturated heterocycles. The van der Waals surface area contributed by atoms with Crippen LogP contribution in [-0.2, 0) is 19.6 Å². The molecule has 0 unspecified atom stereocenters. The average molecular weight is 467 g/mol. The average Bonchev–Trinajstić information content (AvgIpc) is 2.80. The number of amides is 1. The van der Waals surface area contributed by atoms with Gasteiger partial charge in [0.15, 0.2) is 0 Å². The summed E-state index contributed by atoms with van der Waals surface area (Å²) in [6, 6.07) is 19.8. The van der Waals surface area contributed by atoms with Gasteiger partial charge in [-0.25, -0.2) is 13.2 Å². The lowest BCUT2D eigenvalue weighted by atomic mass is 10.1. The summed E-state index contributed by atoms with van der Waals surface area (Å²) in [6.45, 7) is 5.07. The van der Waals surface area contributed by atoms with Gasteiger partial charge in [0.1, 0.15) is 6.54 Å². The summed E-state index contributed by atoms with van der Waals surface area (Å²) in [5.41, 5.74) is 2.56. The van der Waals surface area contributed by atoms with Crippen LogP contribution in [0.3, 0.4) is 0 Å². The zero-order valence-corrected chi connectivity index (χ0v) is 19.6. The van der Waals surface area contributed by atoms with Crippen molar-refractivity contribution in [3.05, 3.63) is 89.5 Å². The lowest BCUT2D eigenvalue weighted by molar-refractivity contribution is -0.114. The molecule has 0 heterocycles. The number of aryl methyl sites for hydroxylation is 2. The van der Waals surface area contributed by atoms with Crippen molar-refractivity contribution in [1.29, 1.82) is 0 Å². The minimum atomic E-state index is -4.00. The lowest BCUT2D eigenvalue weighted by Gasteiger charge is -2.25. The number of para-hydroxylation sites is 1. The van der Waals surface area contributed by atoms with Crippen molar-refractivity contribution in [2.45, 2.75) is 25.7 Å². The fourth-order valence-electron chi connectivity index (χ4n) is 3.28. The molecule has 0 atom stereocenters. The number of benzene rings is 3. The van der Waals surface area contributed by atoms with Gasteiger partial charge >= 0.3 is 5.97 Å². The van der Waals surface area contributed by atoms with Gasteiger partial charge in [-0.05, 0) is 62.2 Å². The number of carbonyl (C=O) groups is 2. The van der Waals surface area contributed by atoms with Crippen molar-refractivity contribution in [3.8, 4) is 0 Å². The van der Waals surface area contributed by atoms with E-state index in [1.165, 1.54) is 18.2 Å². The van der Waals surface area contributed by atoms with E-state index in [2.05, 4.69) is 5.32 Å². The highest BCUT2D eigenvalue weighted by Gasteiger charge is 2.28. The third-order valence-electron chi connectivity index (χ3n) is 5.03. The molecule has 0 aliphatic heterocycles. The summed E-state index contributed by atoms with van der Waals surface area (Å²) in [6.07, 6.45) is 0. The molecule has 0 radical (unpaired) electrons. The van der Waals surface area contributed by atoms with Gasteiger partial charge in [-0.3, -0.25) is 9.10 Å². The van der Waals surface area contributed by atoms with Crippen molar-refractivity contribution >= 4 is 33.3 Å². The van der Waals surface area contributed by atoms with E-state index in [1.807, 2.05) is 0 Å². The van der Waals surface area contributed by atoms with E-state index in [9.17, 15) is 18.0 Å². The minimum absolute atomic E-state index is 0.0848. The zero-order valence-electron chi connectivity index (χ0n) is 18.7. The Bertz CT molecular complexity index is 1260. The van der Waals surface area contributed by atoms with Crippen LogP contribution in [0.2, 0.25) is 0 Å². The van der Waals surface area contributed by atoms with E-state index in [0.29, 0.717) is 22.5 Å². The third-order valence-corrected chi connectivity index (χ3v) is 6.80. The van der Waals surface area contributed by atoms with E-state index in [1.54, 1.807) is 75.4 Å². The first-order valence-corrected chi connectivity index (χ1v) is 11.9. The number of ether oxygens (including phenoxy) is 1. The predicted molar refractivity (Wildman–Crippen MR) is 128 cm³/mol. The van der Waals surface area contributed by atoms with Gasteiger partial charge < -0.3 is 10.1 Å². The van der Waals surface area contributed by atoms with Crippen LogP contribution in [0.4, 0.5) is 11.4 Å². The maximum atomic E-state index is 13.4. The van der Waals surface area contributed by atoms with E-state index in [-0.39, 0.29) is 11.5 Å². The second kappa shape index (κ2) is 10.3. The number of carbonyl (C=O) groups excluding carboxylic acids is 2. The topological polar surface area (TPSA) is 92.8 Å². The van der Waals surface area contributed by atoms with Crippen LogP contribution in [0.15, 0.2) is 77.7 Å². The molecule has 0 fully saturated rings. The van der Waals surface area contributed by atoms with Crippen molar-refractivity contribution in [2.24, 2.45) is 0 Å². The highest BCUT2D eigenvalue weighted by Crippen LogP contribution is 2.27. The molecule has 0 bridgehead atoms. The zero-order chi connectivity index (χ0) is 24.0. The predicted octanol–water partition coefficient (Wildman–Crippen LogP) is 4.31. The Kier molecular flexibility index (Phi) is 7.50. The van der Waals surface area contributed by atoms with Crippen LogP contribution < -0.4 is 9.62 Å². The number of hydrogen-bond donors (Lipinski definition) is 1. The molecule has 7 nitrogen and oxygen atoms in total. The van der Waals surface area contributed by atoms with E-state index in [0.717, 1.165) is 9.87 Å². The van der Waals surface area contributed by atoms with Crippen molar-refractivity contribution in [2.75, 3.05) is 22.8 Å². The molecule has 172 valence electrons. The molecule has 0 aromatic heterocycles. The van der Waals surface area contributed by atoms with Gasteiger partial charge in [0.05, 0.1) is 22.8 Å². The number of nitrogens with one attached hydrogen (secondary N) is 1. The molecule has 1 amide bonds. The van der Waals surface area contributed by atoms with E-state index in [4.69, 9.17) is 4.74 Å². The Morgan fingerprint density at radius 3 is 2.24 bits per heavy atom. The molecule has 3 aromatic carbocycles. The summed E-state index contributed by atoms with van der Waals surface area (Å²) in [5, 5.41) is 2.74. The monoisotopic (exact) mass is 466 g/mol. The number of sulfonamides is 1. The molecular formula is C25H26N2O5S. The molecule has 0 aliphatic carbocycles. The van der Waals surface area contributed by atoms with E-state index < -0.39 is 28.4 Å². The molecule has 33 heavy (non-hydrogen) atoms. The first-order chi connectivity index (χ1) is 15.7. The molecule has 0 aliphatic rings. The second-order valence-electron chi connectivity index (χ2n) is 7.41. The van der Waals surface area contributed by atoms with Gasteiger partial charge in [0, 0.05) is 5.69 Å². The molecular weight excluding hydrogens is 440 g/mol. The Morgan fingerprint density at radius 2 is 1.58 bits per heavy atom. The maximum Gasteiger partial charge on any atom is 0.338 e. The van der Waals surface area contributed by atoms with Gasteiger partial charge in [0.25, 0.3) is 10.0 Å². The second-order valence-corrected chi connectivity index (χ2v) is 9.27. The van der Waals surface area contributed by atoms with Gasteiger partial charge in [-0.1, -0.05) is 42.5 Å². The van der Waals surface area contributed by atoms with Gasteiger partial charge in [-0.2, -0.15) is 0 Å². The smallest absolute Gasteiger partial charge is 0.338 e. The molecule has 3 aromatic rings. The molecule has 1 N–H and O–H groups in total. The van der Waals surface area contributed by atoms with Crippen LogP contribution in [0, 0.1) is 13.8 Å². The van der Waals surface area contributed by atoms with Gasteiger partial charge in [-0.15, -0.1) is 0 Å². The number of nitrogens with zero attached hydrogens (tertiary/aromatic N) is 1. The normalized spacial score (nSPS) is 11.0. The van der Waals surface area contributed by atoms with Crippen molar-refractivity contribution < 1.29 is 22.7 Å². The van der Waals surface area contributed by atoms with Crippen LogP contribution in [0.5, 0.6) is 0 Å². The highest BCUT2D eigenvalue weighted by atomic mass is 32.2. The van der Waals surface area contributed by atoms with Crippen LogP contribution in [0.1, 0.15) is 28.4 Å². The fraction of sp³-hybridized carbons (Fsp3) is 0.200. The van der Waals surface area contributed by atoms with Crippen LogP contribution in [0.25, 0.3) is 0 Å². The summed E-state index contributed by atoms with van der Waals surface area (Å²) < 4.78 is 33.0.